The second kappa shape index (κ2) is 7.29. The lowest BCUT2D eigenvalue weighted by atomic mass is 9.96. The third-order valence-electron chi connectivity index (χ3n) is 3.50. The monoisotopic (exact) mass is 383 g/mol. The molecule has 0 unspecified atom stereocenters. The number of rotatable bonds is 2. The maximum Gasteiger partial charge on any atom is 0.410 e. The molecule has 1 aromatic heterocycles. The lowest BCUT2D eigenvalue weighted by Gasteiger charge is -2.32. The number of amides is 2. The minimum atomic E-state index is -0.501. The third kappa shape index (κ3) is 5.49. The highest BCUT2D eigenvalue weighted by Gasteiger charge is 2.29. The van der Waals surface area contributed by atoms with Crippen LogP contribution in [0.3, 0.4) is 0 Å². The Morgan fingerprint density at radius 1 is 1.30 bits per heavy atom. The van der Waals surface area contributed by atoms with E-state index in [1.165, 1.54) is 0 Å². The van der Waals surface area contributed by atoms with Gasteiger partial charge >= 0.3 is 6.09 Å². The fraction of sp³-hybridized carbons (Fsp3) is 0.562. The van der Waals surface area contributed by atoms with Crippen molar-refractivity contribution in [1.82, 2.24) is 9.88 Å². The summed E-state index contributed by atoms with van der Waals surface area (Å²) in [6, 6.07) is 3.57. The summed E-state index contributed by atoms with van der Waals surface area (Å²) < 4.78 is 6.21. The number of halogens is 1. The number of nitrogens with one attached hydrogen (secondary N) is 1. The standard InChI is InChI=1S/C16H22BrN3O3/c1-16(2,3)23-15(22)20-8-6-11(7-9-20)14(21)19-13-5-4-12(17)10-18-13/h4-5,10-11H,6-9H2,1-3H3,(H,18,19,21). The second-order valence-electron chi connectivity index (χ2n) is 6.59. The molecule has 0 aromatic carbocycles. The van der Waals surface area contributed by atoms with Crippen molar-refractivity contribution in [2.45, 2.75) is 39.2 Å². The van der Waals surface area contributed by atoms with Crippen molar-refractivity contribution >= 4 is 33.7 Å². The number of nitrogens with zero attached hydrogens (tertiary/aromatic N) is 2. The van der Waals surface area contributed by atoms with Crippen LogP contribution in [0.2, 0.25) is 0 Å². The molecule has 1 aliphatic rings. The van der Waals surface area contributed by atoms with E-state index >= 15 is 0 Å². The number of carbonyl (C=O) groups is 2. The maximum atomic E-state index is 12.3. The van der Waals surface area contributed by atoms with Crippen LogP contribution >= 0.6 is 15.9 Å². The van der Waals surface area contributed by atoms with Gasteiger partial charge < -0.3 is 15.0 Å². The highest BCUT2D eigenvalue weighted by molar-refractivity contribution is 9.10. The molecule has 6 nitrogen and oxygen atoms in total. The Balaban J connectivity index is 1.83. The van der Waals surface area contributed by atoms with Gasteiger partial charge in [0.05, 0.1) is 0 Å². The Morgan fingerprint density at radius 3 is 2.48 bits per heavy atom. The third-order valence-corrected chi connectivity index (χ3v) is 3.97. The van der Waals surface area contributed by atoms with Crippen molar-refractivity contribution in [1.29, 1.82) is 0 Å². The zero-order chi connectivity index (χ0) is 17.0. The van der Waals surface area contributed by atoms with Crippen molar-refractivity contribution in [3.8, 4) is 0 Å². The number of likely N-dealkylation sites (tertiary alicyclic amines) is 1. The van der Waals surface area contributed by atoms with Crippen molar-refractivity contribution in [2.75, 3.05) is 18.4 Å². The van der Waals surface area contributed by atoms with Crippen molar-refractivity contribution in [3.63, 3.8) is 0 Å². The molecule has 23 heavy (non-hydrogen) atoms. The molecule has 0 atom stereocenters. The zero-order valence-corrected chi connectivity index (χ0v) is 15.2. The molecule has 1 saturated heterocycles. The molecule has 1 aromatic rings. The number of carbonyl (C=O) groups excluding carboxylic acids is 2. The summed E-state index contributed by atoms with van der Waals surface area (Å²) in [5, 5.41) is 2.82. The predicted molar refractivity (Wildman–Crippen MR) is 91.1 cm³/mol. The number of anilines is 1. The summed E-state index contributed by atoms with van der Waals surface area (Å²) in [4.78, 5) is 30.1. The topological polar surface area (TPSA) is 71.5 Å². The average Bonchev–Trinajstić information content (AvgIpc) is 2.48. The highest BCUT2D eigenvalue weighted by atomic mass is 79.9. The van der Waals surface area contributed by atoms with Crippen LogP contribution in [-0.2, 0) is 9.53 Å². The molecule has 0 saturated carbocycles. The first-order chi connectivity index (χ1) is 10.7. The summed E-state index contributed by atoms with van der Waals surface area (Å²) in [5.41, 5.74) is -0.501. The SMILES string of the molecule is CC(C)(C)OC(=O)N1CCC(C(=O)Nc2ccc(Br)cn2)CC1. The van der Waals surface area contributed by atoms with Gasteiger partial charge in [0, 0.05) is 29.7 Å². The minimum absolute atomic E-state index is 0.0522. The molecule has 2 heterocycles. The van der Waals surface area contributed by atoms with E-state index in [-0.39, 0.29) is 17.9 Å². The molecular formula is C16H22BrN3O3. The van der Waals surface area contributed by atoms with Gasteiger partial charge in [-0.15, -0.1) is 0 Å². The van der Waals surface area contributed by atoms with Crippen LogP contribution in [-0.4, -0.2) is 40.6 Å². The molecule has 1 aliphatic heterocycles. The van der Waals surface area contributed by atoms with E-state index in [2.05, 4.69) is 26.2 Å². The summed E-state index contributed by atoms with van der Waals surface area (Å²) in [7, 11) is 0. The first-order valence-corrected chi connectivity index (χ1v) is 8.44. The van der Waals surface area contributed by atoms with Crippen molar-refractivity contribution in [2.24, 2.45) is 5.92 Å². The number of hydrogen-bond donors (Lipinski definition) is 1. The summed E-state index contributed by atoms with van der Waals surface area (Å²) in [6.45, 7) is 6.59. The Morgan fingerprint density at radius 2 is 1.96 bits per heavy atom. The Labute approximate surface area is 144 Å². The van der Waals surface area contributed by atoms with Gasteiger partial charge in [0.1, 0.15) is 11.4 Å². The average molecular weight is 384 g/mol. The maximum absolute atomic E-state index is 12.3. The van der Waals surface area contributed by atoms with Gasteiger partial charge in [-0.2, -0.15) is 0 Å². The lowest BCUT2D eigenvalue weighted by Crippen LogP contribution is -2.43. The van der Waals surface area contributed by atoms with Gasteiger partial charge in [0.25, 0.3) is 0 Å². The zero-order valence-electron chi connectivity index (χ0n) is 13.6. The Kier molecular flexibility index (Phi) is 5.62. The van der Waals surface area contributed by atoms with Crippen LogP contribution in [0.5, 0.6) is 0 Å². The Hall–Kier alpha value is -1.63. The van der Waals surface area contributed by atoms with Crippen LogP contribution in [0.1, 0.15) is 33.6 Å². The molecule has 0 aliphatic carbocycles. The van der Waals surface area contributed by atoms with Crippen LogP contribution in [0.4, 0.5) is 10.6 Å². The normalized spacial score (nSPS) is 16.1. The number of hydrogen-bond acceptors (Lipinski definition) is 4. The van der Waals surface area contributed by atoms with E-state index in [0.717, 1.165) is 4.47 Å². The van der Waals surface area contributed by atoms with Gasteiger partial charge in [0.2, 0.25) is 5.91 Å². The quantitative estimate of drug-likeness (QED) is 0.848. The van der Waals surface area contributed by atoms with E-state index in [0.29, 0.717) is 31.7 Å². The van der Waals surface area contributed by atoms with Crippen molar-refractivity contribution < 1.29 is 14.3 Å². The largest absolute Gasteiger partial charge is 0.444 e. The van der Waals surface area contributed by atoms with E-state index in [4.69, 9.17) is 4.74 Å². The summed E-state index contributed by atoms with van der Waals surface area (Å²) in [5.74, 6) is 0.371. The van der Waals surface area contributed by atoms with Gasteiger partial charge in [-0.1, -0.05) is 0 Å². The number of pyridine rings is 1. The second-order valence-corrected chi connectivity index (χ2v) is 7.51. The predicted octanol–water partition coefficient (Wildman–Crippen LogP) is 3.43. The number of ether oxygens (including phenoxy) is 1. The summed E-state index contributed by atoms with van der Waals surface area (Å²) >= 11 is 3.30. The molecule has 126 valence electrons. The molecule has 2 amide bonds. The fourth-order valence-electron chi connectivity index (χ4n) is 2.33. The minimum Gasteiger partial charge on any atom is -0.444 e. The smallest absolute Gasteiger partial charge is 0.410 e. The van der Waals surface area contributed by atoms with E-state index in [9.17, 15) is 9.59 Å². The molecule has 2 rings (SSSR count). The molecule has 0 radical (unpaired) electrons. The Bertz CT molecular complexity index is 561. The van der Waals surface area contributed by atoms with Gasteiger partial charge in [-0.3, -0.25) is 4.79 Å². The number of piperidine rings is 1. The fourth-order valence-corrected chi connectivity index (χ4v) is 2.56. The molecular weight excluding hydrogens is 362 g/mol. The van der Waals surface area contributed by atoms with Gasteiger partial charge in [-0.05, 0) is 61.7 Å². The molecule has 1 fully saturated rings. The molecule has 0 spiro atoms. The summed E-state index contributed by atoms with van der Waals surface area (Å²) in [6.07, 6.45) is 2.58. The molecule has 7 heteroatoms. The van der Waals surface area contributed by atoms with E-state index < -0.39 is 5.60 Å². The van der Waals surface area contributed by atoms with Gasteiger partial charge in [-0.25, -0.2) is 9.78 Å². The van der Waals surface area contributed by atoms with Crippen molar-refractivity contribution in [3.05, 3.63) is 22.8 Å². The van der Waals surface area contributed by atoms with Crippen LogP contribution < -0.4 is 5.32 Å². The number of aromatic nitrogens is 1. The highest BCUT2D eigenvalue weighted by Crippen LogP contribution is 2.21. The van der Waals surface area contributed by atoms with Crippen LogP contribution in [0.25, 0.3) is 0 Å². The molecule has 1 N–H and O–H groups in total. The van der Waals surface area contributed by atoms with Crippen LogP contribution in [0, 0.1) is 5.92 Å². The first-order valence-electron chi connectivity index (χ1n) is 7.65. The molecule has 0 bridgehead atoms. The first kappa shape index (κ1) is 17.7. The van der Waals surface area contributed by atoms with E-state index in [1.807, 2.05) is 26.8 Å². The van der Waals surface area contributed by atoms with Crippen LogP contribution in [0.15, 0.2) is 22.8 Å². The van der Waals surface area contributed by atoms with Gasteiger partial charge in [0.15, 0.2) is 0 Å². The van der Waals surface area contributed by atoms with E-state index in [1.54, 1.807) is 17.2 Å². The lowest BCUT2D eigenvalue weighted by molar-refractivity contribution is -0.121.